The van der Waals surface area contributed by atoms with Crippen LogP contribution in [0.3, 0.4) is 0 Å². The van der Waals surface area contributed by atoms with Gasteiger partial charge < -0.3 is 15.2 Å². The van der Waals surface area contributed by atoms with Crippen molar-refractivity contribution in [1.82, 2.24) is 9.88 Å². The number of carbonyl (C=O) groups is 1. The SMILES string of the molecule is O=C1CCc2cc(O[C@@H]3CCN(Cc4ccncc4)C[C@H]3O)ccc2N1. The lowest BCUT2D eigenvalue weighted by atomic mass is 10.0. The second-order valence-corrected chi connectivity index (χ2v) is 6.97. The summed E-state index contributed by atoms with van der Waals surface area (Å²) in [5.74, 6) is 0.815. The van der Waals surface area contributed by atoms with Crippen LogP contribution < -0.4 is 10.1 Å². The number of carbonyl (C=O) groups excluding carboxylic acids is 1. The van der Waals surface area contributed by atoms with Gasteiger partial charge in [-0.1, -0.05) is 0 Å². The van der Waals surface area contributed by atoms with Crippen molar-refractivity contribution in [3.05, 3.63) is 53.9 Å². The normalized spacial score (nSPS) is 23.2. The van der Waals surface area contributed by atoms with Crippen molar-refractivity contribution in [3.63, 3.8) is 0 Å². The van der Waals surface area contributed by atoms with Gasteiger partial charge in [0.05, 0.1) is 0 Å². The van der Waals surface area contributed by atoms with E-state index in [0.29, 0.717) is 13.0 Å². The molecule has 0 saturated carbocycles. The average Bonchev–Trinajstić information content (AvgIpc) is 2.65. The van der Waals surface area contributed by atoms with Gasteiger partial charge in [0.25, 0.3) is 0 Å². The number of fused-ring (bicyclic) bond motifs is 1. The predicted molar refractivity (Wildman–Crippen MR) is 97.9 cm³/mol. The lowest BCUT2D eigenvalue weighted by molar-refractivity contribution is -0.116. The number of aromatic nitrogens is 1. The van der Waals surface area contributed by atoms with Crippen molar-refractivity contribution in [2.45, 2.75) is 38.0 Å². The molecule has 0 aliphatic carbocycles. The number of amides is 1. The molecule has 26 heavy (non-hydrogen) atoms. The number of benzene rings is 1. The van der Waals surface area contributed by atoms with Gasteiger partial charge >= 0.3 is 0 Å². The summed E-state index contributed by atoms with van der Waals surface area (Å²) < 4.78 is 6.06. The minimum atomic E-state index is -0.527. The standard InChI is InChI=1S/C20H23N3O3/c24-18-13-23(12-14-5-8-21-9-6-14)10-7-19(18)26-16-2-3-17-15(11-16)1-4-20(25)22-17/h2-3,5-6,8-9,11,18-19,24H,1,4,7,10,12-13H2,(H,22,25)/t18-,19-/m1/s1. The largest absolute Gasteiger partial charge is 0.488 e. The van der Waals surface area contributed by atoms with Gasteiger partial charge in [0, 0.05) is 44.1 Å². The summed E-state index contributed by atoms with van der Waals surface area (Å²) in [6.45, 7) is 2.28. The molecule has 1 aromatic carbocycles. The van der Waals surface area contributed by atoms with Gasteiger partial charge in [0.1, 0.15) is 18.0 Å². The fourth-order valence-electron chi connectivity index (χ4n) is 3.61. The molecule has 1 saturated heterocycles. The summed E-state index contributed by atoms with van der Waals surface area (Å²) >= 11 is 0. The Morgan fingerprint density at radius 3 is 2.88 bits per heavy atom. The van der Waals surface area contributed by atoms with Crippen LogP contribution in [0.15, 0.2) is 42.7 Å². The van der Waals surface area contributed by atoms with Crippen LogP contribution >= 0.6 is 0 Å². The average molecular weight is 353 g/mol. The van der Waals surface area contributed by atoms with Crippen molar-refractivity contribution >= 4 is 11.6 Å². The van der Waals surface area contributed by atoms with Gasteiger partial charge in [-0.05, 0) is 54.3 Å². The van der Waals surface area contributed by atoms with Gasteiger partial charge in [0.15, 0.2) is 0 Å². The van der Waals surface area contributed by atoms with Crippen molar-refractivity contribution in [1.29, 1.82) is 0 Å². The number of aliphatic hydroxyl groups excluding tert-OH is 1. The number of β-amino-alcohol motifs (C(OH)–C–C–N with tert-alkyl or cyclic N) is 1. The zero-order chi connectivity index (χ0) is 17.9. The highest BCUT2D eigenvalue weighted by atomic mass is 16.5. The Bertz CT molecular complexity index is 781. The molecule has 0 unspecified atom stereocenters. The highest BCUT2D eigenvalue weighted by Gasteiger charge is 2.29. The first-order valence-corrected chi connectivity index (χ1v) is 9.06. The topological polar surface area (TPSA) is 74.7 Å². The second-order valence-electron chi connectivity index (χ2n) is 6.97. The number of rotatable bonds is 4. The lowest BCUT2D eigenvalue weighted by Gasteiger charge is -2.36. The van der Waals surface area contributed by atoms with Crippen LogP contribution in [0, 0.1) is 0 Å². The molecule has 1 fully saturated rings. The van der Waals surface area contributed by atoms with E-state index in [0.717, 1.165) is 42.9 Å². The number of piperidine rings is 1. The van der Waals surface area contributed by atoms with Crippen LogP contribution in [0.5, 0.6) is 5.75 Å². The Kier molecular flexibility index (Phi) is 4.86. The molecule has 0 spiro atoms. The lowest BCUT2D eigenvalue weighted by Crippen LogP contribution is -2.48. The molecule has 136 valence electrons. The fourth-order valence-corrected chi connectivity index (χ4v) is 3.61. The number of likely N-dealkylation sites (tertiary alicyclic amines) is 1. The van der Waals surface area contributed by atoms with Crippen molar-refractivity contribution < 1.29 is 14.6 Å². The Morgan fingerprint density at radius 1 is 1.23 bits per heavy atom. The van der Waals surface area contributed by atoms with Crippen LogP contribution in [0.4, 0.5) is 5.69 Å². The smallest absolute Gasteiger partial charge is 0.224 e. The Morgan fingerprint density at radius 2 is 2.08 bits per heavy atom. The number of anilines is 1. The molecular weight excluding hydrogens is 330 g/mol. The molecule has 1 amide bonds. The summed E-state index contributed by atoms with van der Waals surface area (Å²) in [7, 11) is 0. The number of hydrogen-bond acceptors (Lipinski definition) is 5. The van der Waals surface area contributed by atoms with E-state index in [-0.39, 0.29) is 12.0 Å². The van der Waals surface area contributed by atoms with E-state index in [9.17, 15) is 9.90 Å². The van der Waals surface area contributed by atoms with Gasteiger partial charge in [-0.25, -0.2) is 0 Å². The number of pyridine rings is 1. The van der Waals surface area contributed by atoms with E-state index >= 15 is 0 Å². The van der Waals surface area contributed by atoms with Crippen LogP contribution in [0.1, 0.15) is 24.0 Å². The first-order valence-electron chi connectivity index (χ1n) is 9.06. The Balaban J connectivity index is 1.36. The maximum absolute atomic E-state index is 11.4. The first kappa shape index (κ1) is 17.0. The second kappa shape index (κ2) is 7.43. The van der Waals surface area contributed by atoms with Crippen molar-refractivity contribution in [2.75, 3.05) is 18.4 Å². The molecule has 0 radical (unpaired) electrons. The third-order valence-corrected chi connectivity index (χ3v) is 5.02. The zero-order valence-corrected chi connectivity index (χ0v) is 14.6. The van der Waals surface area contributed by atoms with E-state index < -0.39 is 6.10 Å². The van der Waals surface area contributed by atoms with Gasteiger partial charge in [-0.2, -0.15) is 0 Å². The molecule has 6 heteroatoms. The van der Waals surface area contributed by atoms with Gasteiger partial charge in [-0.3, -0.25) is 14.7 Å². The highest BCUT2D eigenvalue weighted by molar-refractivity contribution is 5.93. The van der Waals surface area contributed by atoms with E-state index in [1.807, 2.05) is 30.3 Å². The summed E-state index contributed by atoms with van der Waals surface area (Å²) in [5.41, 5.74) is 3.15. The number of aliphatic hydroxyl groups is 1. The van der Waals surface area contributed by atoms with Gasteiger partial charge in [-0.15, -0.1) is 0 Å². The third-order valence-electron chi connectivity index (χ3n) is 5.02. The number of hydrogen-bond donors (Lipinski definition) is 2. The monoisotopic (exact) mass is 353 g/mol. The molecule has 1 aromatic heterocycles. The molecule has 3 heterocycles. The minimum absolute atomic E-state index is 0.0585. The molecular formula is C20H23N3O3. The number of ether oxygens (including phenoxy) is 1. The van der Waals surface area contributed by atoms with E-state index in [4.69, 9.17) is 4.74 Å². The van der Waals surface area contributed by atoms with E-state index in [1.54, 1.807) is 12.4 Å². The minimum Gasteiger partial charge on any atom is -0.488 e. The maximum atomic E-state index is 11.4. The van der Waals surface area contributed by atoms with E-state index in [2.05, 4.69) is 15.2 Å². The fraction of sp³-hybridized carbons (Fsp3) is 0.400. The quantitative estimate of drug-likeness (QED) is 0.879. The van der Waals surface area contributed by atoms with Crippen LogP contribution in [0.2, 0.25) is 0 Å². The molecule has 0 bridgehead atoms. The number of nitrogens with one attached hydrogen (secondary N) is 1. The predicted octanol–water partition coefficient (Wildman–Crippen LogP) is 1.98. The Hall–Kier alpha value is -2.44. The van der Waals surface area contributed by atoms with E-state index in [1.165, 1.54) is 5.56 Å². The molecule has 2 aromatic rings. The molecule has 2 N–H and O–H groups in total. The molecule has 2 atom stereocenters. The van der Waals surface area contributed by atoms with Crippen LogP contribution in [-0.2, 0) is 17.8 Å². The Labute approximate surface area is 152 Å². The summed E-state index contributed by atoms with van der Waals surface area (Å²) in [6, 6.07) is 9.72. The zero-order valence-electron chi connectivity index (χ0n) is 14.6. The molecule has 4 rings (SSSR count). The summed E-state index contributed by atoms with van der Waals surface area (Å²) in [6.07, 6.45) is 4.86. The first-order chi connectivity index (χ1) is 12.7. The van der Waals surface area contributed by atoms with Crippen molar-refractivity contribution in [3.8, 4) is 5.75 Å². The number of aryl methyl sites for hydroxylation is 1. The van der Waals surface area contributed by atoms with Crippen LogP contribution in [-0.4, -0.2) is 46.2 Å². The maximum Gasteiger partial charge on any atom is 0.224 e. The third kappa shape index (κ3) is 3.86. The van der Waals surface area contributed by atoms with Crippen LogP contribution in [0.25, 0.3) is 0 Å². The highest BCUT2D eigenvalue weighted by Crippen LogP contribution is 2.28. The molecule has 2 aliphatic rings. The van der Waals surface area contributed by atoms with Crippen molar-refractivity contribution in [2.24, 2.45) is 0 Å². The summed E-state index contributed by atoms with van der Waals surface area (Å²) in [5, 5.41) is 13.4. The number of nitrogens with zero attached hydrogens (tertiary/aromatic N) is 2. The molecule has 6 nitrogen and oxygen atoms in total. The summed E-state index contributed by atoms with van der Waals surface area (Å²) in [4.78, 5) is 17.7. The van der Waals surface area contributed by atoms with Gasteiger partial charge in [0.2, 0.25) is 5.91 Å². The molecule has 2 aliphatic heterocycles.